The SMILES string of the molecule is C[C@@H](SC1COC(/C=C/C=C/c2ccc(C#N)cc2F)OC1)[C@@](Cn1cncn1)(OC(=O)OCOC(=O)CCC(=O)NCCC(=O)O)c1ccc(F)cc1F. The highest BCUT2D eigenvalue weighted by molar-refractivity contribution is 8.00. The Morgan fingerprint density at radius 2 is 1.87 bits per heavy atom. The number of carbonyl (C=O) groups is 4. The van der Waals surface area contributed by atoms with Gasteiger partial charge in [0, 0.05) is 35.4 Å². The van der Waals surface area contributed by atoms with Crippen LogP contribution in [-0.4, -0.2) is 87.2 Å². The maximum atomic E-state index is 15.6. The fourth-order valence-corrected chi connectivity index (χ4v) is 6.49. The van der Waals surface area contributed by atoms with Crippen LogP contribution < -0.4 is 5.32 Å². The van der Waals surface area contributed by atoms with Gasteiger partial charge in [0.25, 0.3) is 0 Å². The average molecular weight is 788 g/mol. The van der Waals surface area contributed by atoms with Gasteiger partial charge in [-0.05, 0) is 37.3 Å². The molecule has 0 saturated carbocycles. The van der Waals surface area contributed by atoms with E-state index >= 15 is 4.39 Å². The lowest BCUT2D eigenvalue weighted by atomic mass is 9.89. The normalized spacial score (nSPS) is 17.2. The number of allylic oxidation sites excluding steroid dienone is 2. The van der Waals surface area contributed by atoms with Gasteiger partial charge in [0.1, 0.15) is 30.1 Å². The van der Waals surface area contributed by atoms with E-state index in [1.807, 2.05) is 6.07 Å². The number of carbonyl (C=O) groups excluding carboxylic acids is 3. The summed E-state index contributed by atoms with van der Waals surface area (Å²) in [4.78, 5) is 51.6. The van der Waals surface area contributed by atoms with E-state index < -0.39 is 71.8 Å². The Hall–Kier alpha value is -5.71. The van der Waals surface area contributed by atoms with Crippen LogP contribution in [0, 0.1) is 28.8 Å². The monoisotopic (exact) mass is 787 g/mol. The van der Waals surface area contributed by atoms with Crippen LogP contribution in [0.25, 0.3) is 6.08 Å². The van der Waals surface area contributed by atoms with E-state index in [1.54, 1.807) is 25.2 Å². The van der Waals surface area contributed by atoms with Crippen LogP contribution >= 0.6 is 11.8 Å². The van der Waals surface area contributed by atoms with Crippen LogP contribution in [0.3, 0.4) is 0 Å². The molecule has 55 heavy (non-hydrogen) atoms. The molecule has 3 aromatic rings. The summed E-state index contributed by atoms with van der Waals surface area (Å²) in [6.07, 6.45) is 5.68. The van der Waals surface area contributed by atoms with E-state index in [9.17, 15) is 28.0 Å². The third-order valence-corrected chi connectivity index (χ3v) is 9.31. The van der Waals surface area contributed by atoms with Crippen LogP contribution in [0.4, 0.5) is 18.0 Å². The minimum atomic E-state index is -1.94. The summed E-state index contributed by atoms with van der Waals surface area (Å²) in [5.74, 6) is -5.07. The summed E-state index contributed by atoms with van der Waals surface area (Å²) < 4.78 is 72.5. The zero-order valence-electron chi connectivity index (χ0n) is 29.3. The summed E-state index contributed by atoms with van der Waals surface area (Å²) in [5, 5.41) is 22.7. The van der Waals surface area contributed by atoms with E-state index in [-0.39, 0.29) is 61.1 Å². The summed E-state index contributed by atoms with van der Waals surface area (Å²) in [6.45, 7) is 0.549. The smallest absolute Gasteiger partial charge is 0.481 e. The number of benzene rings is 2. The lowest BCUT2D eigenvalue weighted by Crippen LogP contribution is -2.47. The molecule has 1 amide bonds. The van der Waals surface area contributed by atoms with Gasteiger partial charge >= 0.3 is 18.1 Å². The van der Waals surface area contributed by atoms with Crippen molar-refractivity contribution < 1.29 is 61.1 Å². The molecule has 1 saturated heterocycles. The molecule has 15 nitrogen and oxygen atoms in total. The number of carboxylic acids is 1. The van der Waals surface area contributed by atoms with Crippen molar-refractivity contribution in [2.75, 3.05) is 26.6 Å². The molecule has 2 atom stereocenters. The Balaban J connectivity index is 1.41. The fraction of sp³-hybridized carbons (Fsp3) is 0.361. The first-order chi connectivity index (χ1) is 26.4. The van der Waals surface area contributed by atoms with Gasteiger partial charge in [-0.15, -0.1) is 11.8 Å². The molecule has 19 heteroatoms. The maximum absolute atomic E-state index is 15.6. The summed E-state index contributed by atoms with van der Waals surface area (Å²) >= 11 is 1.21. The lowest BCUT2D eigenvalue weighted by Gasteiger charge is -2.40. The van der Waals surface area contributed by atoms with Gasteiger partial charge in [0.05, 0.1) is 49.5 Å². The number of amides is 1. The Morgan fingerprint density at radius 3 is 2.55 bits per heavy atom. The molecule has 1 fully saturated rings. The molecular weight excluding hydrogens is 751 g/mol. The number of nitrogens with zero attached hydrogens (tertiary/aromatic N) is 4. The second-order valence-corrected chi connectivity index (χ2v) is 13.4. The molecule has 2 aromatic carbocycles. The van der Waals surface area contributed by atoms with Crippen LogP contribution in [0.15, 0.2) is 67.3 Å². The number of aromatic nitrogens is 3. The largest absolute Gasteiger partial charge is 0.512 e. The Labute approximate surface area is 317 Å². The van der Waals surface area contributed by atoms with Crippen LogP contribution in [0.2, 0.25) is 0 Å². The molecular formula is C36H36F3N5O10S. The zero-order chi connectivity index (χ0) is 39.8. The van der Waals surface area contributed by atoms with Crippen LogP contribution in [0.1, 0.15) is 42.9 Å². The van der Waals surface area contributed by atoms with Gasteiger partial charge in [-0.25, -0.2) is 27.6 Å². The van der Waals surface area contributed by atoms with Gasteiger partial charge in [-0.1, -0.05) is 24.3 Å². The summed E-state index contributed by atoms with van der Waals surface area (Å²) in [7, 11) is 0. The third kappa shape index (κ3) is 13.0. The third-order valence-electron chi connectivity index (χ3n) is 7.86. The second kappa shape index (κ2) is 20.7. The Morgan fingerprint density at radius 1 is 1.09 bits per heavy atom. The predicted octanol–water partition coefficient (Wildman–Crippen LogP) is 4.62. The van der Waals surface area contributed by atoms with Crippen molar-refractivity contribution >= 4 is 41.8 Å². The molecule has 4 rings (SSSR count). The molecule has 1 aromatic heterocycles. The standard InChI is InChI=1S/C36H36F3N5O10S/c1-23(55-27-17-50-34(51-18-27)5-3-2-4-25-7-6-24(16-40)14-29(25)38)36(19-44-21-41-20-43-44,28-9-8-26(37)15-30(28)39)54-35(49)53-22-52-33(48)11-10-31(45)42-13-12-32(46)47/h2-9,14-15,20-21,23,27,34H,10-13,17-19,22H2,1H3,(H,42,45)(H,46,47)/b4-2+,5-3+/t23-,27?,34?,36-/m1/s1. The quantitative estimate of drug-likeness (QED) is 0.103. The minimum Gasteiger partial charge on any atom is -0.481 e. The van der Waals surface area contributed by atoms with Gasteiger partial charge < -0.3 is 34.1 Å². The van der Waals surface area contributed by atoms with Crippen molar-refractivity contribution in [1.29, 1.82) is 5.26 Å². The molecule has 2 heterocycles. The number of rotatable bonds is 18. The highest BCUT2D eigenvalue weighted by Gasteiger charge is 2.47. The van der Waals surface area contributed by atoms with Crippen molar-refractivity contribution in [3.8, 4) is 6.07 Å². The summed E-state index contributed by atoms with van der Waals surface area (Å²) in [6, 6.07) is 8.73. The van der Waals surface area contributed by atoms with Crippen LogP contribution in [0.5, 0.6) is 0 Å². The molecule has 0 bridgehead atoms. The molecule has 1 aliphatic rings. The topological polar surface area (TPSA) is 201 Å². The molecule has 0 aliphatic carbocycles. The second-order valence-electron chi connectivity index (χ2n) is 11.8. The zero-order valence-corrected chi connectivity index (χ0v) is 30.1. The first-order valence-electron chi connectivity index (χ1n) is 16.6. The van der Waals surface area contributed by atoms with Crippen molar-refractivity contribution in [3.05, 3.63) is 101 Å². The molecule has 0 spiro atoms. The number of hydrogen-bond acceptors (Lipinski definition) is 13. The average Bonchev–Trinajstić information content (AvgIpc) is 3.66. The van der Waals surface area contributed by atoms with E-state index in [1.165, 1.54) is 47.3 Å². The minimum absolute atomic E-state index is 0.122. The van der Waals surface area contributed by atoms with Gasteiger partial charge in [0.15, 0.2) is 11.9 Å². The highest BCUT2D eigenvalue weighted by atomic mass is 32.2. The van der Waals surface area contributed by atoms with Gasteiger partial charge in [-0.3, -0.25) is 14.4 Å². The van der Waals surface area contributed by atoms with E-state index in [0.717, 1.165) is 18.2 Å². The van der Waals surface area contributed by atoms with Crippen molar-refractivity contribution in [3.63, 3.8) is 0 Å². The lowest BCUT2D eigenvalue weighted by molar-refractivity contribution is -0.156. The fourth-order valence-electron chi connectivity index (χ4n) is 5.13. The number of ether oxygens (including phenoxy) is 5. The van der Waals surface area contributed by atoms with Gasteiger partial charge in [-0.2, -0.15) is 10.4 Å². The molecule has 0 radical (unpaired) electrons. The first-order valence-corrected chi connectivity index (χ1v) is 17.5. The molecule has 0 unspecified atom stereocenters. The number of esters is 1. The number of hydrogen-bond donors (Lipinski definition) is 2. The predicted molar refractivity (Wildman–Crippen MR) is 187 cm³/mol. The number of aliphatic carboxylic acids is 1. The van der Waals surface area contributed by atoms with E-state index in [2.05, 4.69) is 15.4 Å². The molecule has 1 aliphatic heterocycles. The van der Waals surface area contributed by atoms with Crippen molar-refractivity contribution in [2.24, 2.45) is 0 Å². The number of halogens is 3. The Bertz CT molecular complexity index is 1900. The number of nitriles is 1. The highest BCUT2D eigenvalue weighted by Crippen LogP contribution is 2.42. The molecule has 292 valence electrons. The number of carboxylic acid groups (broad SMARTS) is 1. The first kappa shape index (κ1) is 42.0. The molecule has 2 N–H and O–H groups in total. The summed E-state index contributed by atoms with van der Waals surface area (Å²) in [5.41, 5.74) is -1.68. The van der Waals surface area contributed by atoms with Crippen LogP contribution in [-0.2, 0) is 50.2 Å². The van der Waals surface area contributed by atoms with Crippen molar-refractivity contribution in [2.45, 2.75) is 55.1 Å². The maximum Gasteiger partial charge on any atom is 0.512 e. The van der Waals surface area contributed by atoms with Gasteiger partial charge in [0.2, 0.25) is 12.7 Å². The van der Waals surface area contributed by atoms with Crippen molar-refractivity contribution in [1.82, 2.24) is 20.1 Å². The Kier molecular flexibility index (Phi) is 15.8. The number of thioether (sulfide) groups is 1. The number of nitrogens with one attached hydrogen (secondary N) is 1. The van der Waals surface area contributed by atoms with E-state index in [4.69, 9.17) is 34.1 Å². The van der Waals surface area contributed by atoms with E-state index in [0.29, 0.717) is 6.07 Å².